The Morgan fingerprint density at radius 1 is 1.31 bits per heavy atom. The molecule has 0 saturated carbocycles. The molecule has 16 heavy (non-hydrogen) atoms. The Kier molecular flexibility index (Phi) is 4.03. The van der Waals surface area contributed by atoms with Crippen molar-refractivity contribution in [3.63, 3.8) is 0 Å². The lowest BCUT2D eigenvalue weighted by atomic mass is 10.3. The predicted octanol–water partition coefficient (Wildman–Crippen LogP) is 1.64. The Labute approximate surface area is 93.8 Å². The van der Waals surface area contributed by atoms with Gasteiger partial charge >= 0.3 is 5.97 Å². The Morgan fingerprint density at radius 2 is 1.88 bits per heavy atom. The van der Waals surface area contributed by atoms with Crippen molar-refractivity contribution >= 4 is 16.1 Å². The molecule has 0 aliphatic carbocycles. The summed E-state index contributed by atoms with van der Waals surface area (Å²) in [5.41, 5.74) is 0. The Bertz CT molecular complexity index is 460. The highest BCUT2D eigenvalue weighted by atomic mass is 32.2. The van der Waals surface area contributed by atoms with Gasteiger partial charge in [-0.15, -0.1) is 0 Å². The zero-order valence-electron chi connectivity index (χ0n) is 8.71. The molecule has 0 radical (unpaired) electrons. The maximum Gasteiger partial charge on any atom is 0.311 e. The molecule has 0 saturated heterocycles. The minimum absolute atomic E-state index is 0.234. The monoisotopic (exact) mass is 244 g/mol. The molecule has 5 nitrogen and oxygen atoms in total. The molecule has 88 valence electrons. The molecule has 0 bridgehead atoms. The van der Waals surface area contributed by atoms with Gasteiger partial charge in [0.1, 0.15) is 5.75 Å². The molecule has 0 atom stereocenters. The maximum absolute atomic E-state index is 11.1. The van der Waals surface area contributed by atoms with Crippen LogP contribution in [0.15, 0.2) is 29.2 Å². The molecule has 6 heteroatoms. The number of benzene rings is 1. The third kappa shape index (κ3) is 3.63. The van der Waals surface area contributed by atoms with E-state index in [9.17, 15) is 13.2 Å². The van der Waals surface area contributed by atoms with Gasteiger partial charge in [-0.3, -0.25) is 9.35 Å². The van der Waals surface area contributed by atoms with E-state index in [1.807, 2.05) is 6.92 Å². The first kappa shape index (κ1) is 12.7. The van der Waals surface area contributed by atoms with Crippen molar-refractivity contribution in [1.29, 1.82) is 0 Å². The Morgan fingerprint density at radius 3 is 2.31 bits per heavy atom. The normalized spacial score (nSPS) is 11.1. The maximum atomic E-state index is 11.1. The van der Waals surface area contributed by atoms with Gasteiger partial charge in [0.25, 0.3) is 10.1 Å². The first-order valence-electron chi connectivity index (χ1n) is 4.71. The lowest BCUT2D eigenvalue weighted by Crippen LogP contribution is -2.07. The van der Waals surface area contributed by atoms with Crippen molar-refractivity contribution < 1.29 is 22.5 Å². The van der Waals surface area contributed by atoms with Gasteiger partial charge in [-0.05, 0) is 30.7 Å². The number of esters is 1. The van der Waals surface area contributed by atoms with E-state index in [2.05, 4.69) is 0 Å². The van der Waals surface area contributed by atoms with Crippen molar-refractivity contribution in [3.05, 3.63) is 24.3 Å². The number of carbonyl (C=O) groups is 1. The summed E-state index contributed by atoms with van der Waals surface area (Å²) in [6.45, 7) is 1.85. The molecule has 0 unspecified atom stereocenters. The van der Waals surface area contributed by atoms with Crippen molar-refractivity contribution in [2.24, 2.45) is 0 Å². The summed E-state index contributed by atoms with van der Waals surface area (Å²) < 4.78 is 35.1. The molecule has 0 aromatic heterocycles. The summed E-state index contributed by atoms with van der Waals surface area (Å²) in [6.07, 6.45) is 0.988. The van der Waals surface area contributed by atoms with Gasteiger partial charge in [0.2, 0.25) is 0 Å². The standard InChI is InChI=1S/C10H12O5S/c1-2-3-10(11)15-8-4-6-9(7-5-8)16(12,13)14/h4-7H,2-3H2,1H3,(H,12,13,14). The molecule has 0 aliphatic rings. The minimum Gasteiger partial charge on any atom is -0.427 e. The molecule has 0 amide bonds. The fraction of sp³-hybridized carbons (Fsp3) is 0.300. The van der Waals surface area contributed by atoms with Crippen LogP contribution in [-0.4, -0.2) is 18.9 Å². The third-order valence-corrected chi connectivity index (χ3v) is 2.68. The molecule has 0 spiro atoms. The van der Waals surface area contributed by atoms with Crippen LogP contribution in [0.4, 0.5) is 0 Å². The second kappa shape index (κ2) is 5.09. The second-order valence-corrected chi connectivity index (χ2v) is 4.59. The van der Waals surface area contributed by atoms with Gasteiger partial charge < -0.3 is 4.74 Å². The molecular formula is C10H12O5S. The summed E-state index contributed by atoms with van der Waals surface area (Å²) in [4.78, 5) is 10.9. The predicted molar refractivity (Wildman–Crippen MR) is 56.8 cm³/mol. The van der Waals surface area contributed by atoms with Crippen LogP contribution >= 0.6 is 0 Å². The Balaban J connectivity index is 2.76. The topological polar surface area (TPSA) is 80.7 Å². The molecular weight excluding hydrogens is 232 g/mol. The molecule has 1 N–H and O–H groups in total. The molecule has 1 aromatic carbocycles. The van der Waals surface area contributed by atoms with Crippen LogP contribution in [0.2, 0.25) is 0 Å². The van der Waals surface area contributed by atoms with Gasteiger partial charge in [0, 0.05) is 6.42 Å². The van der Waals surface area contributed by atoms with Crippen LogP contribution in [0.1, 0.15) is 19.8 Å². The summed E-state index contributed by atoms with van der Waals surface area (Å²) in [5.74, 6) is -0.118. The van der Waals surface area contributed by atoms with E-state index in [0.29, 0.717) is 12.8 Å². The summed E-state index contributed by atoms with van der Waals surface area (Å²) >= 11 is 0. The van der Waals surface area contributed by atoms with E-state index in [0.717, 1.165) is 0 Å². The van der Waals surface area contributed by atoms with E-state index in [-0.39, 0.29) is 16.6 Å². The summed E-state index contributed by atoms with van der Waals surface area (Å²) in [7, 11) is -4.20. The highest BCUT2D eigenvalue weighted by Gasteiger charge is 2.09. The van der Waals surface area contributed by atoms with E-state index < -0.39 is 10.1 Å². The van der Waals surface area contributed by atoms with Gasteiger partial charge in [-0.1, -0.05) is 6.92 Å². The van der Waals surface area contributed by atoms with Gasteiger partial charge in [-0.2, -0.15) is 8.42 Å². The van der Waals surface area contributed by atoms with E-state index in [4.69, 9.17) is 9.29 Å². The quantitative estimate of drug-likeness (QED) is 0.494. The molecule has 1 aromatic rings. The fourth-order valence-electron chi connectivity index (χ4n) is 1.07. The third-order valence-electron chi connectivity index (χ3n) is 1.81. The minimum atomic E-state index is -4.20. The van der Waals surface area contributed by atoms with Crippen LogP contribution in [0, 0.1) is 0 Å². The van der Waals surface area contributed by atoms with Crippen LogP contribution in [-0.2, 0) is 14.9 Å². The highest BCUT2D eigenvalue weighted by Crippen LogP contribution is 2.16. The number of hydrogen-bond donors (Lipinski definition) is 1. The van der Waals surface area contributed by atoms with Crippen molar-refractivity contribution in [2.75, 3.05) is 0 Å². The first-order valence-corrected chi connectivity index (χ1v) is 6.15. The van der Waals surface area contributed by atoms with Gasteiger partial charge in [0.05, 0.1) is 4.90 Å². The van der Waals surface area contributed by atoms with E-state index in [1.54, 1.807) is 0 Å². The van der Waals surface area contributed by atoms with Gasteiger partial charge in [0.15, 0.2) is 0 Å². The van der Waals surface area contributed by atoms with E-state index in [1.165, 1.54) is 24.3 Å². The molecule has 0 heterocycles. The number of carbonyl (C=O) groups excluding carboxylic acids is 1. The second-order valence-electron chi connectivity index (χ2n) is 3.17. The zero-order valence-corrected chi connectivity index (χ0v) is 9.53. The largest absolute Gasteiger partial charge is 0.427 e. The number of ether oxygens (including phenoxy) is 1. The molecule has 0 fully saturated rings. The summed E-state index contributed by atoms with van der Waals surface area (Å²) in [5, 5.41) is 0. The van der Waals surface area contributed by atoms with Crippen LogP contribution in [0.3, 0.4) is 0 Å². The van der Waals surface area contributed by atoms with E-state index >= 15 is 0 Å². The lowest BCUT2D eigenvalue weighted by molar-refractivity contribution is -0.134. The fourth-order valence-corrected chi connectivity index (χ4v) is 1.55. The van der Waals surface area contributed by atoms with Crippen LogP contribution in [0.25, 0.3) is 0 Å². The van der Waals surface area contributed by atoms with Crippen molar-refractivity contribution in [3.8, 4) is 5.75 Å². The van der Waals surface area contributed by atoms with Crippen LogP contribution < -0.4 is 4.74 Å². The zero-order chi connectivity index (χ0) is 12.2. The van der Waals surface area contributed by atoms with Crippen LogP contribution in [0.5, 0.6) is 5.75 Å². The number of rotatable bonds is 4. The van der Waals surface area contributed by atoms with Crippen molar-refractivity contribution in [1.82, 2.24) is 0 Å². The summed E-state index contributed by atoms with van der Waals surface area (Å²) in [6, 6.07) is 4.97. The van der Waals surface area contributed by atoms with Gasteiger partial charge in [-0.25, -0.2) is 0 Å². The highest BCUT2D eigenvalue weighted by molar-refractivity contribution is 7.85. The smallest absolute Gasteiger partial charge is 0.311 e. The first-order chi connectivity index (χ1) is 7.43. The van der Waals surface area contributed by atoms with Crippen molar-refractivity contribution in [2.45, 2.75) is 24.7 Å². The molecule has 1 rings (SSSR count). The Hall–Kier alpha value is -1.40. The average molecular weight is 244 g/mol. The number of hydrogen-bond acceptors (Lipinski definition) is 4. The SMILES string of the molecule is CCCC(=O)Oc1ccc(S(=O)(=O)O)cc1. The lowest BCUT2D eigenvalue weighted by Gasteiger charge is -2.03. The average Bonchev–Trinajstić information content (AvgIpc) is 2.17. The molecule has 0 aliphatic heterocycles.